The number of carbonyl (C=O) groups is 3. The molecule has 31 heavy (non-hydrogen) atoms. The molecule has 2 bridgehead atoms. The Hall–Kier alpha value is -2.77. The van der Waals surface area contributed by atoms with Gasteiger partial charge in [-0.2, -0.15) is 0 Å². The van der Waals surface area contributed by atoms with Crippen molar-refractivity contribution >= 4 is 17.8 Å². The molecule has 1 aromatic rings. The van der Waals surface area contributed by atoms with E-state index in [-0.39, 0.29) is 24.1 Å². The van der Waals surface area contributed by atoms with Gasteiger partial charge in [0.25, 0.3) is 11.8 Å². The van der Waals surface area contributed by atoms with Crippen LogP contribution in [0.15, 0.2) is 18.2 Å². The molecule has 8 nitrogen and oxygen atoms in total. The van der Waals surface area contributed by atoms with Gasteiger partial charge in [0, 0.05) is 17.7 Å². The molecule has 0 spiro atoms. The number of carbonyl (C=O) groups excluding carboxylic acids is 3. The van der Waals surface area contributed by atoms with Gasteiger partial charge in [-0.1, -0.05) is 6.42 Å². The summed E-state index contributed by atoms with van der Waals surface area (Å²) in [5, 5.41) is 5.49. The molecule has 0 radical (unpaired) electrons. The quantitative estimate of drug-likeness (QED) is 0.581. The zero-order chi connectivity index (χ0) is 22.5. The number of fused-ring (bicyclic) bond motifs is 2. The number of amides is 2. The van der Waals surface area contributed by atoms with Crippen LogP contribution in [0.2, 0.25) is 0 Å². The standard InChI is InChI=1S/C23H32N2O6/c1-13(20-8-15-5-6-16(20)7-15)25-22(27)14(2)31-21(26)12-24-23(28)17-9-18(29-3)11-19(10-17)30-4/h9-11,13-16,20H,5-8,12H2,1-4H3,(H,24,28)(H,25,27)/t13-,14+,15-,16-,20+/m1/s1. The third-order valence-corrected chi connectivity index (χ3v) is 6.49. The number of hydrogen-bond donors (Lipinski definition) is 2. The van der Waals surface area contributed by atoms with E-state index >= 15 is 0 Å². The number of benzene rings is 1. The molecule has 0 unspecified atom stereocenters. The number of ether oxygens (including phenoxy) is 3. The maximum Gasteiger partial charge on any atom is 0.326 e. The van der Waals surface area contributed by atoms with E-state index in [0.717, 1.165) is 5.92 Å². The van der Waals surface area contributed by atoms with Gasteiger partial charge in [-0.05, 0) is 63.0 Å². The summed E-state index contributed by atoms with van der Waals surface area (Å²) in [7, 11) is 2.97. The average Bonchev–Trinajstić information content (AvgIpc) is 3.40. The minimum atomic E-state index is -0.928. The van der Waals surface area contributed by atoms with E-state index in [4.69, 9.17) is 14.2 Å². The van der Waals surface area contributed by atoms with Crippen molar-refractivity contribution in [3.8, 4) is 11.5 Å². The molecule has 2 amide bonds. The SMILES string of the molecule is COc1cc(OC)cc(C(=O)NCC(=O)O[C@@H](C)C(=O)N[C@H](C)[C@@H]2C[C@@H]3CC[C@@H]2C3)c1. The van der Waals surface area contributed by atoms with Crippen LogP contribution >= 0.6 is 0 Å². The van der Waals surface area contributed by atoms with Crippen LogP contribution in [0.1, 0.15) is 49.9 Å². The van der Waals surface area contributed by atoms with Crippen molar-refractivity contribution in [3.05, 3.63) is 23.8 Å². The van der Waals surface area contributed by atoms with Gasteiger partial charge < -0.3 is 24.8 Å². The number of rotatable bonds is 9. The first-order valence-electron chi connectivity index (χ1n) is 10.8. The second-order valence-electron chi connectivity index (χ2n) is 8.55. The highest BCUT2D eigenvalue weighted by Crippen LogP contribution is 2.49. The van der Waals surface area contributed by atoms with E-state index in [0.29, 0.717) is 23.3 Å². The van der Waals surface area contributed by atoms with Gasteiger partial charge >= 0.3 is 5.97 Å². The van der Waals surface area contributed by atoms with Crippen LogP contribution in [0.3, 0.4) is 0 Å². The first kappa shape index (κ1) is 22.9. The highest BCUT2D eigenvalue weighted by atomic mass is 16.5. The van der Waals surface area contributed by atoms with Crippen LogP contribution in [0, 0.1) is 17.8 Å². The molecule has 2 saturated carbocycles. The normalized spacial score (nSPS) is 23.5. The summed E-state index contributed by atoms with van der Waals surface area (Å²) in [4.78, 5) is 36.9. The fraction of sp³-hybridized carbons (Fsp3) is 0.609. The van der Waals surface area contributed by atoms with Crippen molar-refractivity contribution in [3.63, 3.8) is 0 Å². The van der Waals surface area contributed by atoms with Gasteiger partial charge in [-0.25, -0.2) is 0 Å². The van der Waals surface area contributed by atoms with Crippen LogP contribution in [0.25, 0.3) is 0 Å². The highest BCUT2D eigenvalue weighted by molar-refractivity contribution is 5.97. The largest absolute Gasteiger partial charge is 0.497 e. The van der Waals surface area contributed by atoms with Gasteiger partial charge in [0.1, 0.15) is 18.0 Å². The van der Waals surface area contributed by atoms with E-state index in [9.17, 15) is 14.4 Å². The Morgan fingerprint density at radius 2 is 1.71 bits per heavy atom. The Bertz CT molecular complexity index is 804. The topological polar surface area (TPSA) is 103 Å². The predicted molar refractivity (Wildman–Crippen MR) is 114 cm³/mol. The zero-order valence-electron chi connectivity index (χ0n) is 18.6. The van der Waals surface area contributed by atoms with Gasteiger partial charge in [0.05, 0.1) is 14.2 Å². The number of nitrogens with one attached hydrogen (secondary N) is 2. The molecule has 0 heterocycles. The van der Waals surface area contributed by atoms with Crippen molar-refractivity contribution in [2.45, 2.75) is 51.7 Å². The Morgan fingerprint density at radius 3 is 2.26 bits per heavy atom. The lowest BCUT2D eigenvalue weighted by molar-refractivity contribution is -0.154. The first-order chi connectivity index (χ1) is 14.8. The van der Waals surface area contributed by atoms with Crippen molar-refractivity contribution in [1.29, 1.82) is 0 Å². The van der Waals surface area contributed by atoms with Gasteiger partial charge in [-0.3, -0.25) is 14.4 Å². The number of hydrogen-bond acceptors (Lipinski definition) is 6. The Labute approximate surface area is 183 Å². The molecule has 2 aliphatic rings. The van der Waals surface area contributed by atoms with E-state index in [1.165, 1.54) is 59.0 Å². The fourth-order valence-electron chi connectivity index (χ4n) is 4.84. The van der Waals surface area contributed by atoms with Crippen molar-refractivity contribution < 1.29 is 28.6 Å². The summed E-state index contributed by atoms with van der Waals surface area (Å²) in [6, 6.07) is 4.78. The molecule has 2 aliphatic carbocycles. The second kappa shape index (κ2) is 10.0. The Balaban J connectivity index is 1.44. The van der Waals surface area contributed by atoms with Crippen LogP contribution < -0.4 is 20.1 Å². The smallest absolute Gasteiger partial charge is 0.326 e. The maximum atomic E-state index is 12.4. The molecule has 1 aromatic carbocycles. The molecular formula is C23H32N2O6. The van der Waals surface area contributed by atoms with Crippen molar-refractivity contribution in [1.82, 2.24) is 10.6 Å². The van der Waals surface area contributed by atoms with E-state index in [1.807, 2.05) is 6.92 Å². The minimum absolute atomic E-state index is 0.0618. The fourth-order valence-corrected chi connectivity index (χ4v) is 4.84. The summed E-state index contributed by atoms with van der Waals surface area (Å²) in [5.41, 5.74) is 0.287. The number of methoxy groups -OCH3 is 2. The zero-order valence-corrected chi connectivity index (χ0v) is 18.6. The minimum Gasteiger partial charge on any atom is -0.497 e. The second-order valence-corrected chi connectivity index (χ2v) is 8.55. The molecule has 0 saturated heterocycles. The van der Waals surface area contributed by atoms with Gasteiger partial charge in [0.15, 0.2) is 6.10 Å². The molecule has 2 fully saturated rings. The monoisotopic (exact) mass is 432 g/mol. The molecule has 3 rings (SSSR count). The van der Waals surface area contributed by atoms with Crippen molar-refractivity contribution in [2.24, 2.45) is 17.8 Å². The van der Waals surface area contributed by atoms with Gasteiger partial charge in [-0.15, -0.1) is 0 Å². The number of esters is 1. The van der Waals surface area contributed by atoms with Crippen LogP contribution in [0.5, 0.6) is 11.5 Å². The third kappa shape index (κ3) is 5.68. The van der Waals surface area contributed by atoms with Gasteiger partial charge in [0.2, 0.25) is 0 Å². The van der Waals surface area contributed by atoms with Crippen molar-refractivity contribution in [2.75, 3.05) is 20.8 Å². The molecule has 170 valence electrons. The molecular weight excluding hydrogens is 400 g/mol. The lowest BCUT2D eigenvalue weighted by atomic mass is 9.84. The lowest BCUT2D eigenvalue weighted by Gasteiger charge is -2.29. The first-order valence-corrected chi connectivity index (χ1v) is 10.8. The van der Waals surface area contributed by atoms with Crippen LogP contribution in [-0.2, 0) is 14.3 Å². The Morgan fingerprint density at radius 1 is 1.03 bits per heavy atom. The third-order valence-electron chi connectivity index (χ3n) is 6.49. The average molecular weight is 433 g/mol. The molecule has 5 atom stereocenters. The summed E-state index contributed by atoms with van der Waals surface area (Å²) in [6.07, 6.45) is 4.07. The van der Waals surface area contributed by atoms with Crippen LogP contribution in [0.4, 0.5) is 0 Å². The predicted octanol–water partition coefficient (Wildman–Crippen LogP) is 2.31. The maximum absolute atomic E-state index is 12.4. The summed E-state index contributed by atoms with van der Waals surface area (Å²) < 4.78 is 15.5. The van der Waals surface area contributed by atoms with E-state index in [2.05, 4.69) is 10.6 Å². The van der Waals surface area contributed by atoms with E-state index in [1.54, 1.807) is 6.07 Å². The summed E-state index contributed by atoms with van der Waals surface area (Å²) in [5.74, 6) is 1.46. The lowest BCUT2D eigenvalue weighted by Crippen LogP contribution is -2.45. The summed E-state index contributed by atoms with van der Waals surface area (Å²) in [6.45, 7) is 3.22. The van der Waals surface area contributed by atoms with Crippen LogP contribution in [-0.4, -0.2) is 50.7 Å². The molecule has 0 aromatic heterocycles. The highest BCUT2D eigenvalue weighted by Gasteiger charge is 2.42. The summed E-state index contributed by atoms with van der Waals surface area (Å²) >= 11 is 0. The molecule has 8 heteroatoms. The Kier molecular flexibility index (Phi) is 7.41. The van der Waals surface area contributed by atoms with E-state index < -0.39 is 18.0 Å². The molecule has 2 N–H and O–H groups in total. The molecule has 0 aliphatic heterocycles.